The third-order valence-electron chi connectivity index (χ3n) is 3.11. The minimum atomic E-state index is -0.108. The second kappa shape index (κ2) is 11.5. The van der Waals surface area contributed by atoms with Crippen molar-refractivity contribution in [2.24, 2.45) is 0 Å². The van der Waals surface area contributed by atoms with E-state index < -0.39 is 0 Å². The van der Waals surface area contributed by atoms with Gasteiger partial charge in [-0.2, -0.15) is 11.8 Å². The molecular weight excluding hydrogens is 282 g/mol. The predicted octanol–water partition coefficient (Wildman–Crippen LogP) is 2.48. The van der Waals surface area contributed by atoms with Gasteiger partial charge in [0.1, 0.15) is 12.4 Å². The van der Waals surface area contributed by atoms with Gasteiger partial charge in [-0.05, 0) is 37.4 Å². The van der Waals surface area contributed by atoms with Crippen LogP contribution in [0.15, 0.2) is 24.3 Å². The Morgan fingerprint density at radius 2 is 1.86 bits per heavy atom. The van der Waals surface area contributed by atoms with Gasteiger partial charge in [-0.15, -0.1) is 0 Å². The lowest BCUT2D eigenvalue weighted by Crippen LogP contribution is -2.25. The second-order valence-corrected chi connectivity index (χ2v) is 5.70. The van der Waals surface area contributed by atoms with Crippen molar-refractivity contribution in [3.63, 3.8) is 0 Å². The first-order chi connectivity index (χ1) is 10.3. The van der Waals surface area contributed by atoms with Gasteiger partial charge in [0.15, 0.2) is 0 Å². The van der Waals surface area contributed by atoms with Crippen molar-refractivity contribution in [2.75, 3.05) is 44.4 Å². The van der Waals surface area contributed by atoms with Gasteiger partial charge in [0.25, 0.3) is 0 Å². The topological polar surface area (TPSA) is 32.7 Å². The molecule has 0 aromatic heterocycles. The molecule has 0 saturated heterocycles. The van der Waals surface area contributed by atoms with Gasteiger partial charge in [-0.25, -0.2) is 0 Å². The summed E-state index contributed by atoms with van der Waals surface area (Å²) in [5.41, 5.74) is 0.894. The summed E-state index contributed by atoms with van der Waals surface area (Å²) in [6.07, 6.45) is 0. The molecule has 1 aromatic rings. The molecule has 3 nitrogen and oxygen atoms in total. The number of benzene rings is 1. The van der Waals surface area contributed by atoms with E-state index in [0.29, 0.717) is 0 Å². The fourth-order valence-electron chi connectivity index (χ4n) is 1.83. The summed E-state index contributed by atoms with van der Waals surface area (Å²) in [6.45, 7) is 8.42. The maximum Gasteiger partial charge on any atom is 0.119 e. The fraction of sp³-hybridized carbons (Fsp3) is 0.529. The van der Waals surface area contributed by atoms with Gasteiger partial charge >= 0.3 is 0 Å². The Morgan fingerprint density at radius 1 is 1.14 bits per heavy atom. The minimum Gasteiger partial charge on any atom is -0.493 e. The van der Waals surface area contributed by atoms with Crippen molar-refractivity contribution >= 4 is 11.8 Å². The molecule has 4 heteroatoms. The first-order valence-corrected chi connectivity index (χ1v) is 8.58. The Hall–Kier alpha value is -1.15. The molecule has 0 unspecified atom stereocenters. The van der Waals surface area contributed by atoms with E-state index in [1.807, 2.05) is 36.0 Å². The number of nitrogens with zero attached hydrogens (tertiary/aromatic N) is 1. The molecule has 0 amide bonds. The number of rotatable bonds is 9. The molecule has 0 atom stereocenters. The average molecular weight is 307 g/mol. The van der Waals surface area contributed by atoms with Crippen LogP contribution in [0, 0.1) is 11.8 Å². The van der Waals surface area contributed by atoms with E-state index in [0.717, 1.165) is 49.1 Å². The standard InChI is InChI=1S/C17H25NO2S/c1-3-18(4-2)11-14-21-15-13-20-17-9-7-16(8-10-17)6-5-12-19/h7-10,19H,3-4,11-15H2,1-2H3. The third-order valence-corrected chi connectivity index (χ3v) is 4.04. The highest BCUT2D eigenvalue weighted by Crippen LogP contribution is 2.12. The smallest absolute Gasteiger partial charge is 0.119 e. The predicted molar refractivity (Wildman–Crippen MR) is 91.0 cm³/mol. The van der Waals surface area contributed by atoms with Crippen molar-refractivity contribution in [1.29, 1.82) is 0 Å². The quantitative estimate of drug-likeness (QED) is 0.561. The maximum absolute atomic E-state index is 8.63. The van der Waals surface area contributed by atoms with Gasteiger partial charge in [0.2, 0.25) is 0 Å². The van der Waals surface area contributed by atoms with Gasteiger partial charge in [-0.1, -0.05) is 25.7 Å². The van der Waals surface area contributed by atoms with E-state index in [9.17, 15) is 0 Å². The maximum atomic E-state index is 8.63. The van der Waals surface area contributed by atoms with Gasteiger partial charge in [-0.3, -0.25) is 0 Å². The Morgan fingerprint density at radius 3 is 2.48 bits per heavy atom. The summed E-state index contributed by atoms with van der Waals surface area (Å²) < 4.78 is 5.69. The van der Waals surface area contributed by atoms with E-state index in [2.05, 4.69) is 30.6 Å². The Bertz CT molecular complexity index is 432. The molecule has 0 fully saturated rings. The first-order valence-electron chi connectivity index (χ1n) is 7.42. The molecule has 116 valence electrons. The molecule has 1 N–H and O–H groups in total. The highest BCUT2D eigenvalue weighted by Gasteiger charge is 1.99. The van der Waals surface area contributed by atoms with E-state index in [-0.39, 0.29) is 6.61 Å². The number of hydrogen-bond donors (Lipinski definition) is 1. The first kappa shape index (κ1) is 17.9. The van der Waals surface area contributed by atoms with Crippen LogP contribution < -0.4 is 4.74 Å². The lowest BCUT2D eigenvalue weighted by Gasteiger charge is -2.17. The van der Waals surface area contributed by atoms with Crippen LogP contribution in [0.25, 0.3) is 0 Å². The minimum absolute atomic E-state index is 0.108. The monoisotopic (exact) mass is 307 g/mol. The molecule has 0 heterocycles. The van der Waals surface area contributed by atoms with E-state index >= 15 is 0 Å². The molecule has 1 rings (SSSR count). The number of ether oxygens (including phenoxy) is 1. The normalized spacial score (nSPS) is 10.3. The third kappa shape index (κ3) is 8.01. The molecule has 0 aliphatic heterocycles. The van der Waals surface area contributed by atoms with Crippen molar-refractivity contribution in [3.05, 3.63) is 29.8 Å². The average Bonchev–Trinajstić information content (AvgIpc) is 2.53. The largest absolute Gasteiger partial charge is 0.493 e. The van der Waals surface area contributed by atoms with Crippen molar-refractivity contribution < 1.29 is 9.84 Å². The van der Waals surface area contributed by atoms with Crippen molar-refractivity contribution in [2.45, 2.75) is 13.8 Å². The zero-order chi connectivity index (χ0) is 15.3. The van der Waals surface area contributed by atoms with Crippen LogP contribution in [0.3, 0.4) is 0 Å². The Labute approximate surface area is 132 Å². The summed E-state index contributed by atoms with van der Waals surface area (Å²) in [6, 6.07) is 7.65. The molecule has 0 bridgehead atoms. The van der Waals surface area contributed by atoms with E-state index in [4.69, 9.17) is 9.84 Å². The summed E-state index contributed by atoms with van der Waals surface area (Å²) >= 11 is 1.93. The fourth-order valence-corrected chi connectivity index (χ4v) is 2.62. The number of hydrogen-bond acceptors (Lipinski definition) is 4. The SMILES string of the molecule is CCN(CC)CCSCCOc1ccc(C#CCO)cc1. The number of aliphatic hydroxyl groups is 1. The van der Waals surface area contributed by atoms with Crippen LogP contribution in [-0.2, 0) is 0 Å². The van der Waals surface area contributed by atoms with Gasteiger partial charge < -0.3 is 14.7 Å². The van der Waals surface area contributed by atoms with E-state index in [1.165, 1.54) is 0 Å². The van der Waals surface area contributed by atoms with Gasteiger partial charge in [0, 0.05) is 23.6 Å². The summed E-state index contributed by atoms with van der Waals surface area (Å²) in [5.74, 6) is 8.52. The molecule has 0 saturated carbocycles. The zero-order valence-electron chi connectivity index (χ0n) is 13.0. The number of thioether (sulfide) groups is 1. The van der Waals surface area contributed by atoms with Crippen LogP contribution in [0.2, 0.25) is 0 Å². The number of aliphatic hydroxyl groups excluding tert-OH is 1. The molecule has 21 heavy (non-hydrogen) atoms. The van der Waals surface area contributed by atoms with Crippen LogP contribution in [0.1, 0.15) is 19.4 Å². The van der Waals surface area contributed by atoms with Crippen LogP contribution in [0.4, 0.5) is 0 Å². The molecule has 0 spiro atoms. The lowest BCUT2D eigenvalue weighted by molar-refractivity contribution is 0.323. The van der Waals surface area contributed by atoms with Gasteiger partial charge in [0.05, 0.1) is 6.61 Å². The summed E-state index contributed by atoms with van der Waals surface area (Å²) in [7, 11) is 0. The highest BCUT2D eigenvalue weighted by molar-refractivity contribution is 7.99. The molecule has 1 aromatic carbocycles. The molecule has 0 aliphatic carbocycles. The molecule has 0 radical (unpaired) electrons. The van der Waals surface area contributed by atoms with Crippen LogP contribution in [0.5, 0.6) is 5.75 Å². The Balaban J connectivity index is 2.15. The molecular formula is C17H25NO2S. The lowest BCUT2D eigenvalue weighted by atomic mass is 10.2. The summed E-state index contributed by atoms with van der Waals surface area (Å²) in [5, 5.41) is 8.63. The van der Waals surface area contributed by atoms with Crippen LogP contribution >= 0.6 is 11.8 Å². The van der Waals surface area contributed by atoms with Crippen molar-refractivity contribution in [3.8, 4) is 17.6 Å². The highest BCUT2D eigenvalue weighted by atomic mass is 32.2. The zero-order valence-corrected chi connectivity index (χ0v) is 13.8. The summed E-state index contributed by atoms with van der Waals surface area (Å²) in [4.78, 5) is 2.43. The molecule has 0 aliphatic rings. The second-order valence-electron chi connectivity index (χ2n) is 4.47. The van der Waals surface area contributed by atoms with E-state index in [1.54, 1.807) is 0 Å². The Kier molecular flexibility index (Phi) is 9.81. The van der Waals surface area contributed by atoms with Crippen molar-refractivity contribution in [1.82, 2.24) is 4.90 Å². The van der Waals surface area contributed by atoms with Crippen LogP contribution in [-0.4, -0.2) is 54.4 Å².